The van der Waals surface area contributed by atoms with E-state index in [1.807, 2.05) is 0 Å². The Morgan fingerprint density at radius 1 is 1.50 bits per heavy atom. The lowest BCUT2D eigenvalue weighted by Crippen LogP contribution is -2.44. The molecular weight excluding hydrogens is 154 g/mol. The molecule has 1 fully saturated rings. The summed E-state index contributed by atoms with van der Waals surface area (Å²) >= 11 is 0. The third kappa shape index (κ3) is 1.97. The molecule has 1 aliphatic heterocycles. The number of nitrogens with zero attached hydrogens (tertiary/aromatic N) is 1. The van der Waals surface area contributed by atoms with E-state index in [9.17, 15) is 5.11 Å². The fourth-order valence-corrected chi connectivity index (χ4v) is 1.99. The molecule has 1 aliphatic rings. The first-order chi connectivity index (χ1) is 5.66. The van der Waals surface area contributed by atoms with Crippen molar-refractivity contribution >= 4 is 0 Å². The molecule has 0 aromatic rings. The van der Waals surface area contributed by atoms with E-state index in [-0.39, 0.29) is 12.6 Å². The summed E-state index contributed by atoms with van der Waals surface area (Å²) < 4.78 is 0. The van der Waals surface area contributed by atoms with E-state index in [0.29, 0.717) is 6.04 Å². The van der Waals surface area contributed by atoms with E-state index >= 15 is 0 Å². The summed E-state index contributed by atoms with van der Waals surface area (Å²) in [5.41, 5.74) is 0. The van der Waals surface area contributed by atoms with Crippen molar-refractivity contribution in [2.24, 2.45) is 0 Å². The Labute approximate surface area is 74.0 Å². The lowest BCUT2D eigenvalue weighted by molar-refractivity contribution is 0.0178. The highest BCUT2D eigenvalue weighted by atomic mass is 16.3. The Morgan fingerprint density at radius 3 is 2.67 bits per heavy atom. The second kappa shape index (κ2) is 4.21. The van der Waals surface area contributed by atoms with Gasteiger partial charge in [0.1, 0.15) is 0 Å². The second-order valence-electron chi connectivity index (χ2n) is 3.79. The molecular formula is C9H19NO2. The number of likely N-dealkylation sites (tertiary alicyclic amines) is 1. The Hall–Kier alpha value is -0.120. The normalized spacial score (nSPS) is 28.2. The maximum absolute atomic E-state index is 9.49. The topological polar surface area (TPSA) is 43.7 Å². The van der Waals surface area contributed by atoms with E-state index in [0.717, 1.165) is 19.4 Å². The molecule has 0 aromatic carbocycles. The molecule has 0 radical (unpaired) electrons. The van der Waals surface area contributed by atoms with Crippen molar-refractivity contribution in [2.45, 2.75) is 44.9 Å². The van der Waals surface area contributed by atoms with Crippen molar-refractivity contribution in [1.82, 2.24) is 4.90 Å². The standard InChI is InChI=1S/C9H19NO2/c1-7(2)10-5-3-4-8(10)9(12)6-11/h7-9,11-12H,3-6H2,1-2H3. The van der Waals surface area contributed by atoms with E-state index in [1.54, 1.807) is 0 Å². The maximum Gasteiger partial charge on any atom is 0.0925 e. The molecule has 0 saturated carbocycles. The molecule has 2 atom stereocenters. The summed E-state index contributed by atoms with van der Waals surface area (Å²) in [4.78, 5) is 2.26. The highest BCUT2D eigenvalue weighted by molar-refractivity contribution is 4.86. The third-order valence-corrected chi connectivity index (χ3v) is 2.64. The van der Waals surface area contributed by atoms with Crippen LogP contribution in [0.15, 0.2) is 0 Å². The maximum atomic E-state index is 9.49. The first kappa shape index (κ1) is 9.96. The van der Waals surface area contributed by atoms with Gasteiger partial charge in [-0.2, -0.15) is 0 Å². The highest BCUT2D eigenvalue weighted by Gasteiger charge is 2.31. The predicted octanol–water partition coefficient (Wildman–Crippen LogP) is 0.212. The van der Waals surface area contributed by atoms with Crippen LogP contribution >= 0.6 is 0 Å². The fourth-order valence-electron chi connectivity index (χ4n) is 1.99. The van der Waals surface area contributed by atoms with Crippen molar-refractivity contribution in [2.75, 3.05) is 13.2 Å². The summed E-state index contributed by atoms with van der Waals surface area (Å²) in [7, 11) is 0. The molecule has 72 valence electrons. The van der Waals surface area contributed by atoms with Crippen molar-refractivity contribution in [3.05, 3.63) is 0 Å². The molecule has 0 spiro atoms. The highest BCUT2D eigenvalue weighted by Crippen LogP contribution is 2.22. The number of hydrogen-bond acceptors (Lipinski definition) is 3. The van der Waals surface area contributed by atoms with Gasteiger partial charge in [-0.1, -0.05) is 0 Å². The van der Waals surface area contributed by atoms with Crippen LogP contribution in [0.2, 0.25) is 0 Å². The number of hydrogen-bond donors (Lipinski definition) is 2. The molecule has 3 nitrogen and oxygen atoms in total. The van der Waals surface area contributed by atoms with Gasteiger partial charge in [0.25, 0.3) is 0 Å². The van der Waals surface area contributed by atoms with E-state index in [1.165, 1.54) is 0 Å². The number of rotatable bonds is 3. The van der Waals surface area contributed by atoms with Gasteiger partial charge in [0.15, 0.2) is 0 Å². The van der Waals surface area contributed by atoms with Gasteiger partial charge in [0, 0.05) is 12.1 Å². The van der Waals surface area contributed by atoms with Crippen LogP contribution in [0.5, 0.6) is 0 Å². The van der Waals surface area contributed by atoms with Crippen LogP contribution in [0, 0.1) is 0 Å². The lowest BCUT2D eigenvalue weighted by Gasteiger charge is -2.30. The molecule has 2 unspecified atom stereocenters. The van der Waals surface area contributed by atoms with Crippen LogP contribution in [0.25, 0.3) is 0 Å². The molecule has 12 heavy (non-hydrogen) atoms. The number of aliphatic hydroxyl groups excluding tert-OH is 2. The van der Waals surface area contributed by atoms with Gasteiger partial charge < -0.3 is 10.2 Å². The largest absolute Gasteiger partial charge is 0.394 e. The smallest absolute Gasteiger partial charge is 0.0925 e. The molecule has 0 bridgehead atoms. The van der Waals surface area contributed by atoms with Gasteiger partial charge in [0.2, 0.25) is 0 Å². The first-order valence-electron chi connectivity index (χ1n) is 4.71. The Bertz CT molecular complexity index is 138. The first-order valence-corrected chi connectivity index (χ1v) is 4.71. The summed E-state index contributed by atoms with van der Waals surface area (Å²) in [5.74, 6) is 0. The van der Waals surface area contributed by atoms with Gasteiger partial charge >= 0.3 is 0 Å². The van der Waals surface area contributed by atoms with Crippen LogP contribution in [0.3, 0.4) is 0 Å². The average Bonchev–Trinajstić information content (AvgIpc) is 2.50. The number of aliphatic hydroxyl groups is 2. The average molecular weight is 173 g/mol. The summed E-state index contributed by atoms with van der Waals surface area (Å²) in [5, 5.41) is 18.3. The fraction of sp³-hybridized carbons (Fsp3) is 1.00. The molecule has 1 rings (SSSR count). The van der Waals surface area contributed by atoms with Crippen molar-refractivity contribution < 1.29 is 10.2 Å². The Kier molecular flexibility index (Phi) is 3.50. The predicted molar refractivity (Wildman–Crippen MR) is 48.0 cm³/mol. The third-order valence-electron chi connectivity index (χ3n) is 2.64. The minimum absolute atomic E-state index is 0.117. The SMILES string of the molecule is CC(C)N1CCCC1C(O)CO. The minimum atomic E-state index is -0.560. The minimum Gasteiger partial charge on any atom is -0.394 e. The van der Waals surface area contributed by atoms with Gasteiger partial charge in [-0.25, -0.2) is 0 Å². The molecule has 2 N–H and O–H groups in total. The van der Waals surface area contributed by atoms with Crippen molar-refractivity contribution in [1.29, 1.82) is 0 Å². The molecule has 0 amide bonds. The van der Waals surface area contributed by atoms with E-state index in [4.69, 9.17) is 5.11 Å². The molecule has 0 aliphatic carbocycles. The molecule has 3 heteroatoms. The molecule has 0 aromatic heterocycles. The summed E-state index contributed by atoms with van der Waals surface area (Å²) in [6.07, 6.45) is 1.59. The van der Waals surface area contributed by atoms with E-state index in [2.05, 4.69) is 18.7 Å². The quantitative estimate of drug-likeness (QED) is 0.641. The van der Waals surface area contributed by atoms with E-state index < -0.39 is 6.10 Å². The summed E-state index contributed by atoms with van der Waals surface area (Å²) in [6, 6.07) is 0.647. The molecule has 1 saturated heterocycles. The zero-order chi connectivity index (χ0) is 9.14. The lowest BCUT2D eigenvalue weighted by atomic mass is 10.1. The van der Waals surface area contributed by atoms with Gasteiger partial charge in [-0.15, -0.1) is 0 Å². The van der Waals surface area contributed by atoms with Crippen LogP contribution in [-0.4, -0.2) is 46.5 Å². The van der Waals surface area contributed by atoms with Gasteiger partial charge in [0.05, 0.1) is 12.7 Å². The van der Waals surface area contributed by atoms with Crippen molar-refractivity contribution in [3.8, 4) is 0 Å². The zero-order valence-corrected chi connectivity index (χ0v) is 7.90. The second-order valence-corrected chi connectivity index (χ2v) is 3.79. The zero-order valence-electron chi connectivity index (χ0n) is 7.90. The Balaban J connectivity index is 2.51. The van der Waals surface area contributed by atoms with Gasteiger partial charge in [-0.3, -0.25) is 4.90 Å². The monoisotopic (exact) mass is 173 g/mol. The van der Waals surface area contributed by atoms with Crippen LogP contribution in [0.1, 0.15) is 26.7 Å². The summed E-state index contributed by atoms with van der Waals surface area (Å²) in [6.45, 7) is 5.19. The van der Waals surface area contributed by atoms with Gasteiger partial charge in [-0.05, 0) is 33.2 Å². The van der Waals surface area contributed by atoms with Crippen LogP contribution in [-0.2, 0) is 0 Å². The van der Waals surface area contributed by atoms with Crippen LogP contribution in [0.4, 0.5) is 0 Å². The van der Waals surface area contributed by atoms with Crippen molar-refractivity contribution in [3.63, 3.8) is 0 Å². The molecule has 1 heterocycles. The Morgan fingerprint density at radius 2 is 2.17 bits per heavy atom. The van der Waals surface area contributed by atoms with Crippen LogP contribution < -0.4 is 0 Å².